The van der Waals surface area contributed by atoms with Gasteiger partial charge in [0, 0.05) is 13.0 Å². The maximum Gasteiger partial charge on any atom is 0.0928 e. The molecule has 3 heteroatoms. The first-order valence-electron chi connectivity index (χ1n) is 4.18. The van der Waals surface area contributed by atoms with E-state index in [9.17, 15) is 0 Å². The second-order valence-corrected chi connectivity index (χ2v) is 2.59. The van der Waals surface area contributed by atoms with E-state index in [-0.39, 0.29) is 5.84 Å². The van der Waals surface area contributed by atoms with E-state index in [0.29, 0.717) is 13.0 Å². The molecule has 0 bridgehead atoms. The van der Waals surface area contributed by atoms with E-state index in [1.54, 1.807) is 0 Å². The molecule has 0 rings (SSSR count). The number of hydrogen-bond donors (Lipinski definition) is 2. The van der Waals surface area contributed by atoms with Gasteiger partial charge in [-0.25, -0.2) is 0 Å². The van der Waals surface area contributed by atoms with E-state index in [2.05, 4.69) is 6.92 Å². The van der Waals surface area contributed by atoms with Crippen molar-refractivity contribution in [3.63, 3.8) is 0 Å². The van der Waals surface area contributed by atoms with Crippen molar-refractivity contribution in [2.24, 2.45) is 5.73 Å². The number of ether oxygens (including phenoxy) is 1. The van der Waals surface area contributed by atoms with Gasteiger partial charge < -0.3 is 10.5 Å². The normalized spacial score (nSPS) is 9.91. The summed E-state index contributed by atoms with van der Waals surface area (Å²) in [5, 5.41) is 6.91. The molecule has 0 aromatic carbocycles. The predicted octanol–water partition coefficient (Wildman–Crippen LogP) is 1.52. The number of rotatable bonds is 7. The van der Waals surface area contributed by atoms with Crippen LogP contribution >= 0.6 is 0 Å². The summed E-state index contributed by atoms with van der Waals surface area (Å²) in [5.74, 6) is 0.209. The van der Waals surface area contributed by atoms with E-state index < -0.39 is 0 Å². The molecule has 0 aliphatic rings. The Morgan fingerprint density at radius 2 is 2.09 bits per heavy atom. The van der Waals surface area contributed by atoms with Crippen LogP contribution in [0.5, 0.6) is 0 Å². The van der Waals surface area contributed by atoms with E-state index in [1.165, 1.54) is 12.8 Å². The zero-order chi connectivity index (χ0) is 8.53. The van der Waals surface area contributed by atoms with Crippen molar-refractivity contribution in [3.8, 4) is 0 Å². The Hall–Kier alpha value is -0.570. The van der Waals surface area contributed by atoms with Crippen molar-refractivity contribution in [1.29, 1.82) is 5.41 Å². The lowest BCUT2D eigenvalue weighted by molar-refractivity contribution is 0.137. The standard InChI is InChI=1S/C8H18N2O/c1-2-3-4-6-11-7-5-8(9)10/h2-7H2,1H3,(H3,9,10). The van der Waals surface area contributed by atoms with Crippen LogP contribution in [-0.4, -0.2) is 19.0 Å². The molecule has 0 saturated carbocycles. The Kier molecular flexibility index (Phi) is 7.15. The Morgan fingerprint density at radius 3 is 2.64 bits per heavy atom. The summed E-state index contributed by atoms with van der Waals surface area (Å²) in [7, 11) is 0. The van der Waals surface area contributed by atoms with Crippen molar-refractivity contribution in [2.45, 2.75) is 32.6 Å². The molecule has 0 aliphatic heterocycles. The second-order valence-electron chi connectivity index (χ2n) is 2.59. The van der Waals surface area contributed by atoms with Crippen molar-refractivity contribution >= 4 is 5.84 Å². The van der Waals surface area contributed by atoms with Gasteiger partial charge in [0.25, 0.3) is 0 Å². The highest BCUT2D eigenvalue weighted by molar-refractivity contribution is 5.76. The number of nitrogens with one attached hydrogen (secondary N) is 1. The van der Waals surface area contributed by atoms with Crippen LogP contribution in [0.25, 0.3) is 0 Å². The van der Waals surface area contributed by atoms with Gasteiger partial charge in [-0.1, -0.05) is 19.8 Å². The molecule has 3 N–H and O–H groups in total. The molecule has 11 heavy (non-hydrogen) atoms. The fraction of sp³-hybridized carbons (Fsp3) is 0.875. The lowest BCUT2D eigenvalue weighted by Crippen LogP contribution is -2.12. The van der Waals surface area contributed by atoms with Crippen molar-refractivity contribution in [1.82, 2.24) is 0 Å². The van der Waals surface area contributed by atoms with E-state index in [0.717, 1.165) is 13.0 Å². The van der Waals surface area contributed by atoms with Gasteiger partial charge in [-0.2, -0.15) is 0 Å². The molecule has 0 radical (unpaired) electrons. The summed E-state index contributed by atoms with van der Waals surface area (Å²) in [4.78, 5) is 0. The third kappa shape index (κ3) is 9.43. The maximum absolute atomic E-state index is 6.91. The van der Waals surface area contributed by atoms with Crippen LogP contribution in [0.15, 0.2) is 0 Å². The SMILES string of the molecule is CCCCCOCCC(=N)N. The van der Waals surface area contributed by atoms with Crippen molar-refractivity contribution in [3.05, 3.63) is 0 Å². The smallest absolute Gasteiger partial charge is 0.0928 e. The molecule has 0 atom stereocenters. The van der Waals surface area contributed by atoms with Crippen LogP contribution in [0.4, 0.5) is 0 Å². The molecule has 0 fully saturated rings. The number of nitrogens with two attached hydrogens (primary N) is 1. The van der Waals surface area contributed by atoms with Gasteiger partial charge in [0.15, 0.2) is 0 Å². The fourth-order valence-corrected chi connectivity index (χ4v) is 0.738. The molecular weight excluding hydrogens is 140 g/mol. The van der Waals surface area contributed by atoms with Gasteiger partial charge in [0.1, 0.15) is 0 Å². The van der Waals surface area contributed by atoms with Crippen LogP contribution in [0.3, 0.4) is 0 Å². The number of unbranched alkanes of at least 4 members (excludes halogenated alkanes) is 2. The van der Waals surface area contributed by atoms with E-state index in [4.69, 9.17) is 15.9 Å². The van der Waals surface area contributed by atoms with Gasteiger partial charge in [-0.05, 0) is 6.42 Å². The lowest BCUT2D eigenvalue weighted by atomic mass is 10.3. The van der Waals surface area contributed by atoms with Gasteiger partial charge in [0.05, 0.1) is 12.4 Å². The Balaban J connectivity index is 2.85. The van der Waals surface area contributed by atoms with Gasteiger partial charge in [-0.3, -0.25) is 5.41 Å². The highest BCUT2D eigenvalue weighted by Crippen LogP contribution is 1.94. The summed E-state index contributed by atoms with van der Waals surface area (Å²) >= 11 is 0. The van der Waals surface area contributed by atoms with Crippen molar-refractivity contribution in [2.75, 3.05) is 13.2 Å². The fourth-order valence-electron chi connectivity index (χ4n) is 0.738. The molecule has 0 amide bonds. The number of hydrogen-bond acceptors (Lipinski definition) is 2. The minimum absolute atomic E-state index is 0.209. The number of amidine groups is 1. The molecule has 0 spiro atoms. The van der Waals surface area contributed by atoms with E-state index in [1.807, 2.05) is 0 Å². The quantitative estimate of drug-likeness (QED) is 0.335. The summed E-state index contributed by atoms with van der Waals surface area (Å²) in [6, 6.07) is 0. The van der Waals surface area contributed by atoms with Gasteiger partial charge >= 0.3 is 0 Å². The zero-order valence-corrected chi connectivity index (χ0v) is 7.23. The molecule has 0 aromatic heterocycles. The lowest BCUT2D eigenvalue weighted by Gasteiger charge is -2.01. The second kappa shape index (κ2) is 7.54. The average Bonchev–Trinajstić information content (AvgIpc) is 1.96. The van der Waals surface area contributed by atoms with Crippen LogP contribution in [0.1, 0.15) is 32.6 Å². The van der Waals surface area contributed by atoms with Crippen LogP contribution in [0, 0.1) is 5.41 Å². The topological polar surface area (TPSA) is 59.1 Å². The first kappa shape index (κ1) is 10.4. The monoisotopic (exact) mass is 158 g/mol. The molecule has 3 nitrogen and oxygen atoms in total. The first-order valence-corrected chi connectivity index (χ1v) is 4.18. The third-order valence-electron chi connectivity index (χ3n) is 1.41. The highest BCUT2D eigenvalue weighted by Gasteiger charge is 1.90. The first-order chi connectivity index (χ1) is 5.27. The molecule has 66 valence electrons. The van der Waals surface area contributed by atoms with Gasteiger partial charge in [-0.15, -0.1) is 0 Å². The highest BCUT2D eigenvalue weighted by atomic mass is 16.5. The zero-order valence-electron chi connectivity index (χ0n) is 7.23. The molecule has 0 unspecified atom stereocenters. The van der Waals surface area contributed by atoms with Gasteiger partial charge in [0.2, 0.25) is 0 Å². The van der Waals surface area contributed by atoms with Crippen molar-refractivity contribution < 1.29 is 4.74 Å². The summed E-state index contributed by atoms with van der Waals surface area (Å²) in [5.41, 5.74) is 5.14. The van der Waals surface area contributed by atoms with Crippen LogP contribution < -0.4 is 5.73 Å². The maximum atomic E-state index is 6.91. The molecular formula is C8H18N2O. The third-order valence-corrected chi connectivity index (χ3v) is 1.41. The summed E-state index contributed by atoms with van der Waals surface area (Å²) in [6.07, 6.45) is 4.12. The average molecular weight is 158 g/mol. The van der Waals surface area contributed by atoms with E-state index >= 15 is 0 Å². The minimum Gasteiger partial charge on any atom is -0.388 e. The molecule has 0 aromatic rings. The Bertz CT molecular complexity index is 104. The summed E-state index contributed by atoms with van der Waals surface area (Å²) < 4.78 is 5.23. The van der Waals surface area contributed by atoms with Crippen LogP contribution in [-0.2, 0) is 4.74 Å². The Labute approximate surface area is 68.4 Å². The minimum atomic E-state index is 0.209. The Morgan fingerprint density at radius 1 is 1.36 bits per heavy atom. The summed E-state index contributed by atoms with van der Waals surface area (Å²) in [6.45, 7) is 3.57. The largest absolute Gasteiger partial charge is 0.388 e. The molecule has 0 heterocycles. The van der Waals surface area contributed by atoms with Crippen LogP contribution in [0.2, 0.25) is 0 Å². The predicted molar refractivity (Wildman–Crippen MR) is 46.9 cm³/mol. The molecule has 0 saturated heterocycles. The molecule has 0 aliphatic carbocycles.